The van der Waals surface area contributed by atoms with Crippen LogP contribution in [0.3, 0.4) is 0 Å². The summed E-state index contributed by atoms with van der Waals surface area (Å²) in [4.78, 5) is 60.4. The highest BCUT2D eigenvalue weighted by Crippen LogP contribution is 2.31. The molecule has 0 saturated carbocycles. The fraction of sp³-hybridized carbons (Fsp3) is 0.590. The Morgan fingerprint density at radius 3 is 1.41 bits per heavy atom. The number of benzene rings is 6. The highest BCUT2D eigenvalue weighted by molar-refractivity contribution is 7.91. The van der Waals surface area contributed by atoms with Crippen LogP contribution in [0.15, 0.2) is 173 Å². The summed E-state index contributed by atoms with van der Waals surface area (Å²) in [7, 11) is 2.19. The molecule has 121 heavy (non-hydrogen) atoms. The van der Waals surface area contributed by atoms with Gasteiger partial charge in [-0.25, -0.2) is 13.2 Å². The van der Waals surface area contributed by atoms with Crippen molar-refractivity contribution in [3.05, 3.63) is 208 Å². The second-order valence-electron chi connectivity index (χ2n) is 42.4. The van der Waals surface area contributed by atoms with Crippen molar-refractivity contribution in [1.82, 2.24) is 14.8 Å². The SMILES string of the molecule is CC(C)(C)CCCCN1C(=O)c2ccccc2C1=O.CC(C)(C)CCCCOCc1ccccc1.CC(C)(C)CCNC(=O)OC(C)(C)C.CC(C)(C)CCS(=O)(=O)c1ccccc1.CCOC(=O)CCCCC(C)(C)C.COc1cccc(CC(C)(C)C)c1.COc1ccccc1CCC(C)(C)C.Cn1c(=O)c(CC(C)(C)C)cc2ccccc21. The molecule has 0 aliphatic carbocycles. The van der Waals surface area contributed by atoms with Crippen molar-refractivity contribution in [2.24, 2.45) is 50.4 Å². The van der Waals surface area contributed by atoms with Gasteiger partial charge in [0.15, 0.2) is 9.84 Å². The Morgan fingerprint density at radius 2 is 0.917 bits per heavy atom. The van der Waals surface area contributed by atoms with Crippen molar-refractivity contribution in [1.29, 1.82) is 0 Å². The van der Waals surface area contributed by atoms with Gasteiger partial charge in [0.2, 0.25) is 0 Å². The van der Waals surface area contributed by atoms with E-state index in [1.165, 1.54) is 53.7 Å². The van der Waals surface area contributed by atoms with Crippen LogP contribution in [0.25, 0.3) is 10.9 Å². The molecule has 0 fully saturated rings. The second kappa shape index (κ2) is 53.2. The van der Waals surface area contributed by atoms with Crippen LogP contribution < -0.4 is 20.3 Å². The molecule has 678 valence electrons. The molecule has 15 nitrogen and oxygen atoms in total. The number of ether oxygens (including phenoxy) is 5. The number of hydrogen-bond acceptors (Lipinski definition) is 12. The molecule has 1 aromatic heterocycles. The Bertz CT molecular complexity index is 4240. The number of para-hydroxylation sites is 2. The number of unbranched alkanes of at least 4 members (excludes halogenated alkanes) is 3. The standard InChI is InChI=1S/C16H21NO2.C15H19NO.C15H24O.C13H20O.C12H18O2S.C12H18O.C11H23NO2.C11H22O2/c1-16(2,3)10-6-7-11-17-14(18)12-8-4-5-9-13(12)15(17)19;1-15(2,3)10-12-9-11-7-5-6-8-13(11)16(4)14(12)17;1-15(2,3)11-7-8-12-16-13-14-9-5-4-6-10-14;1-13(2,3)10-9-11-7-5-6-8-12(11)14-4;1-12(2,3)9-10-15(13,14)11-7-5-4-6-8-11;1-12(2,3)9-10-6-5-7-11(8-10)13-4;1-10(2,3)7-8-12-9(13)14-11(4,5)6;1-5-13-10(12)8-6-7-9-11(2,3)4/h4-5,8-9H,6-7,10-11H2,1-3H3;5-9H,10H2,1-4H3;4-6,9-10H,7-8,11-13H2,1-3H3;5-8H,9-10H2,1-4H3;4-8H,9-10H2,1-3H3;5-8H,9H2,1-4H3;7-8H2,1-6H3,(H,12,13);5-9H2,1-4H3. The van der Waals surface area contributed by atoms with E-state index < -0.39 is 15.4 Å². The summed E-state index contributed by atoms with van der Waals surface area (Å²) in [5.74, 6) is 1.84. The first-order valence-corrected chi connectivity index (χ1v) is 45.7. The van der Waals surface area contributed by atoms with Crippen LogP contribution in [-0.2, 0) is 61.8 Å². The normalized spacial score (nSPS) is 12.4. The summed E-state index contributed by atoms with van der Waals surface area (Å²) >= 11 is 0. The van der Waals surface area contributed by atoms with Gasteiger partial charge in [-0.15, -0.1) is 0 Å². The molecular formula is C105H165N3O12S. The summed E-state index contributed by atoms with van der Waals surface area (Å²) < 4.78 is 51.6. The largest absolute Gasteiger partial charge is 0.497 e. The number of alkyl carbamates (subject to hydrolysis) is 1. The highest BCUT2D eigenvalue weighted by atomic mass is 32.2. The maximum atomic E-state index is 12.2. The average Bonchev–Trinajstić information content (AvgIpc) is 1.76. The van der Waals surface area contributed by atoms with Crippen molar-refractivity contribution in [2.45, 2.75) is 314 Å². The number of nitrogens with zero attached hydrogens (tertiary/aromatic N) is 2. The number of pyridine rings is 1. The van der Waals surface area contributed by atoms with E-state index in [-0.39, 0.29) is 51.4 Å². The lowest BCUT2D eigenvalue weighted by Crippen LogP contribution is -2.34. The van der Waals surface area contributed by atoms with Crippen molar-refractivity contribution < 1.29 is 51.3 Å². The van der Waals surface area contributed by atoms with Gasteiger partial charge in [0, 0.05) is 38.7 Å². The van der Waals surface area contributed by atoms with Gasteiger partial charge in [-0.3, -0.25) is 24.1 Å². The number of carbonyl (C=O) groups excluding carboxylic acids is 4. The highest BCUT2D eigenvalue weighted by Gasteiger charge is 2.35. The van der Waals surface area contributed by atoms with Gasteiger partial charge in [-0.1, -0.05) is 295 Å². The monoisotopic (exact) mass is 1690 g/mol. The van der Waals surface area contributed by atoms with Gasteiger partial charge in [0.05, 0.1) is 54.7 Å². The number of amides is 3. The number of hydrogen-bond donors (Lipinski definition) is 1. The van der Waals surface area contributed by atoms with Crippen molar-refractivity contribution >= 4 is 44.6 Å². The van der Waals surface area contributed by atoms with E-state index >= 15 is 0 Å². The number of rotatable bonds is 26. The van der Waals surface area contributed by atoms with Crippen LogP contribution in [-0.4, -0.2) is 93.6 Å². The van der Waals surface area contributed by atoms with Crippen molar-refractivity contribution in [3.8, 4) is 11.5 Å². The van der Waals surface area contributed by atoms with Gasteiger partial charge >= 0.3 is 12.1 Å². The minimum absolute atomic E-state index is 0.0574. The molecule has 0 unspecified atom stereocenters. The average molecular weight is 1690 g/mol. The quantitative estimate of drug-likeness (QED) is 0.0308. The number of carbonyl (C=O) groups is 4. The molecule has 7 aromatic rings. The van der Waals surface area contributed by atoms with E-state index in [2.05, 4.69) is 205 Å². The van der Waals surface area contributed by atoms with Gasteiger partial charge in [-0.05, 0) is 225 Å². The van der Waals surface area contributed by atoms with E-state index in [4.69, 9.17) is 23.7 Å². The number of fused-ring (bicyclic) bond motifs is 2. The predicted octanol–water partition coefficient (Wildman–Crippen LogP) is 27.0. The molecule has 1 N–H and O–H groups in total. The molecule has 1 aliphatic rings. The third kappa shape index (κ3) is 54.9. The van der Waals surface area contributed by atoms with E-state index in [0.717, 1.165) is 99.0 Å². The Hall–Kier alpha value is -8.08. The fourth-order valence-corrected chi connectivity index (χ4v) is 13.9. The molecule has 2 heterocycles. The van der Waals surface area contributed by atoms with Crippen LogP contribution in [0.4, 0.5) is 4.79 Å². The summed E-state index contributed by atoms with van der Waals surface area (Å²) in [6.07, 6.45) is 16.0. The molecule has 8 rings (SSSR count). The van der Waals surface area contributed by atoms with Crippen LogP contribution >= 0.6 is 0 Å². The van der Waals surface area contributed by atoms with Crippen LogP contribution in [0.5, 0.6) is 11.5 Å². The first-order chi connectivity index (χ1) is 55.8. The van der Waals surface area contributed by atoms with Gasteiger partial charge in [0.1, 0.15) is 17.1 Å². The lowest BCUT2D eigenvalue weighted by atomic mass is 9.88. The summed E-state index contributed by atoms with van der Waals surface area (Å²) in [5, 5.41) is 3.87. The van der Waals surface area contributed by atoms with Gasteiger partial charge in [0.25, 0.3) is 17.4 Å². The van der Waals surface area contributed by atoms with E-state index in [9.17, 15) is 32.4 Å². The Morgan fingerprint density at radius 1 is 0.446 bits per heavy atom. The van der Waals surface area contributed by atoms with E-state index in [1.54, 1.807) is 67.3 Å². The van der Waals surface area contributed by atoms with E-state index in [1.807, 2.05) is 116 Å². The van der Waals surface area contributed by atoms with E-state index in [0.29, 0.717) is 75.6 Å². The second-order valence-corrected chi connectivity index (χ2v) is 44.5. The molecule has 16 heteroatoms. The number of imide groups is 1. The predicted molar refractivity (Wildman–Crippen MR) is 509 cm³/mol. The summed E-state index contributed by atoms with van der Waals surface area (Å²) in [6.45, 7) is 63.4. The summed E-state index contributed by atoms with van der Waals surface area (Å²) in [6, 6.07) is 52.6. The third-order valence-electron chi connectivity index (χ3n) is 18.8. The Balaban J connectivity index is 0.000000694. The molecule has 0 spiro atoms. The maximum absolute atomic E-state index is 12.2. The molecule has 0 saturated heterocycles. The number of aromatic nitrogens is 1. The topological polar surface area (TPSA) is 186 Å². The number of nitrogens with one attached hydrogen (secondary N) is 1. The zero-order chi connectivity index (χ0) is 92.3. The van der Waals surface area contributed by atoms with Crippen molar-refractivity contribution in [3.63, 3.8) is 0 Å². The molecule has 0 atom stereocenters. The maximum Gasteiger partial charge on any atom is 0.407 e. The third-order valence-corrected chi connectivity index (χ3v) is 20.5. The molecular weight excluding hydrogens is 1530 g/mol. The van der Waals surface area contributed by atoms with Crippen molar-refractivity contribution in [2.75, 3.05) is 46.3 Å². The minimum atomic E-state index is -3.09. The molecule has 1 aliphatic heterocycles. The Labute approximate surface area is 735 Å². The van der Waals surface area contributed by atoms with Gasteiger partial charge in [-0.2, -0.15) is 0 Å². The number of aryl methyl sites for hydroxylation is 2. The molecule has 0 bridgehead atoms. The molecule has 0 radical (unpaired) electrons. The number of sulfone groups is 1. The molecule has 3 amide bonds. The number of methoxy groups -OCH3 is 2. The lowest BCUT2D eigenvalue weighted by molar-refractivity contribution is -0.143. The minimum Gasteiger partial charge on any atom is -0.497 e. The molecule has 6 aromatic carbocycles. The van der Waals surface area contributed by atoms with Crippen LogP contribution in [0, 0.1) is 43.3 Å². The number of esters is 1. The zero-order valence-corrected chi connectivity index (χ0v) is 82.2. The van der Waals surface area contributed by atoms with Crippen LogP contribution in [0.2, 0.25) is 0 Å². The first kappa shape index (κ1) is 111. The fourth-order valence-electron chi connectivity index (χ4n) is 12.2. The van der Waals surface area contributed by atoms with Gasteiger partial charge < -0.3 is 33.6 Å². The zero-order valence-electron chi connectivity index (χ0n) is 81.3. The van der Waals surface area contributed by atoms with Crippen LogP contribution in [0.1, 0.15) is 320 Å². The smallest absolute Gasteiger partial charge is 0.407 e. The lowest BCUT2D eigenvalue weighted by Gasteiger charge is -2.21. The Kier molecular flexibility index (Phi) is 48.7. The summed E-state index contributed by atoms with van der Waals surface area (Å²) in [5.41, 5.74) is 8.93. The first-order valence-electron chi connectivity index (χ1n) is 44.1.